The second-order valence-electron chi connectivity index (χ2n) is 3.97. The van der Waals surface area contributed by atoms with Crippen molar-refractivity contribution in [1.82, 2.24) is 4.90 Å². The number of halogens is 1. The zero-order chi connectivity index (χ0) is 13.7. The number of hydrogen-bond donors (Lipinski definition) is 1. The van der Waals surface area contributed by atoms with Gasteiger partial charge in [0, 0.05) is 12.1 Å². The van der Waals surface area contributed by atoms with Crippen LogP contribution in [0.2, 0.25) is 5.02 Å². The number of hydrogen-bond acceptors (Lipinski definition) is 4. The first-order valence-corrected chi connectivity index (χ1v) is 5.71. The molecule has 5 nitrogen and oxygen atoms in total. The van der Waals surface area contributed by atoms with Crippen LogP contribution < -0.4 is 14.8 Å². The average molecular weight is 273 g/mol. The molecule has 1 rings (SSSR count). The van der Waals surface area contributed by atoms with Crippen molar-refractivity contribution in [3.05, 3.63) is 17.2 Å². The molecule has 0 aromatic heterocycles. The summed E-state index contributed by atoms with van der Waals surface area (Å²) in [6.45, 7) is 0.286. The van der Waals surface area contributed by atoms with Gasteiger partial charge >= 0.3 is 0 Å². The Bertz CT molecular complexity index is 436. The van der Waals surface area contributed by atoms with Gasteiger partial charge in [0.1, 0.15) is 11.5 Å². The average Bonchev–Trinajstić information content (AvgIpc) is 2.29. The summed E-state index contributed by atoms with van der Waals surface area (Å²) in [5.74, 6) is 0.841. The van der Waals surface area contributed by atoms with Gasteiger partial charge in [-0.1, -0.05) is 11.6 Å². The molecule has 0 aliphatic carbocycles. The highest BCUT2D eigenvalue weighted by atomic mass is 35.5. The molecule has 0 saturated heterocycles. The van der Waals surface area contributed by atoms with Gasteiger partial charge in [-0.25, -0.2) is 0 Å². The molecule has 18 heavy (non-hydrogen) atoms. The quantitative estimate of drug-likeness (QED) is 0.889. The number of carbonyl (C=O) groups excluding carboxylic acids is 1. The summed E-state index contributed by atoms with van der Waals surface area (Å²) in [5, 5.41) is 3.18. The van der Waals surface area contributed by atoms with E-state index in [-0.39, 0.29) is 12.5 Å². The van der Waals surface area contributed by atoms with Gasteiger partial charge in [0.15, 0.2) is 0 Å². The topological polar surface area (TPSA) is 50.8 Å². The largest absolute Gasteiger partial charge is 0.495 e. The highest BCUT2D eigenvalue weighted by Crippen LogP contribution is 2.35. The minimum Gasteiger partial charge on any atom is -0.495 e. The Kier molecular flexibility index (Phi) is 5.25. The van der Waals surface area contributed by atoms with Crippen molar-refractivity contribution < 1.29 is 14.3 Å². The van der Waals surface area contributed by atoms with Crippen LogP contribution >= 0.6 is 11.6 Å². The molecule has 0 bridgehead atoms. The zero-order valence-corrected chi connectivity index (χ0v) is 11.7. The molecule has 0 spiro atoms. The number of amides is 1. The summed E-state index contributed by atoms with van der Waals surface area (Å²) in [5.41, 5.74) is 0.533. The van der Waals surface area contributed by atoms with E-state index in [1.807, 2.05) is 14.1 Å². The smallest absolute Gasteiger partial charge is 0.238 e. The number of nitrogens with one attached hydrogen (secondary N) is 1. The number of likely N-dealkylation sites (N-methyl/N-ethyl adjacent to an activating group) is 1. The van der Waals surface area contributed by atoms with Crippen molar-refractivity contribution in [2.75, 3.05) is 40.2 Å². The maximum atomic E-state index is 11.7. The summed E-state index contributed by atoms with van der Waals surface area (Å²) in [6.07, 6.45) is 0. The number of benzene rings is 1. The maximum absolute atomic E-state index is 11.7. The number of methoxy groups -OCH3 is 2. The predicted molar refractivity (Wildman–Crippen MR) is 71.7 cm³/mol. The molecule has 0 fully saturated rings. The van der Waals surface area contributed by atoms with Crippen LogP contribution in [0.1, 0.15) is 0 Å². The molecule has 0 aliphatic heterocycles. The number of ether oxygens (including phenoxy) is 2. The van der Waals surface area contributed by atoms with Crippen LogP contribution in [0.25, 0.3) is 0 Å². The Morgan fingerprint density at radius 3 is 2.39 bits per heavy atom. The highest BCUT2D eigenvalue weighted by molar-refractivity contribution is 6.32. The SMILES string of the molecule is COc1cc(NC(=O)CN(C)C)c(OC)cc1Cl. The molecule has 1 amide bonds. The molecule has 0 unspecified atom stereocenters. The van der Waals surface area contributed by atoms with E-state index in [9.17, 15) is 4.79 Å². The van der Waals surface area contributed by atoms with Crippen LogP contribution in [-0.2, 0) is 4.79 Å². The lowest BCUT2D eigenvalue weighted by Gasteiger charge is -2.14. The van der Waals surface area contributed by atoms with E-state index in [1.54, 1.807) is 17.0 Å². The molecular formula is C12H17ClN2O3. The Hall–Kier alpha value is -1.46. The van der Waals surface area contributed by atoms with Crippen LogP contribution in [0.4, 0.5) is 5.69 Å². The van der Waals surface area contributed by atoms with Crippen molar-refractivity contribution in [2.24, 2.45) is 0 Å². The van der Waals surface area contributed by atoms with Gasteiger partial charge in [-0.3, -0.25) is 4.79 Å². The fourth-order valence-electron chi connectivity index (χ4n) is 1.44. The third-order valence-corrected chi connectivity index (χ3v) is 2.50. The van der Waals surface area contributed by atoms with E-state index in [1.165, 1.54) is 14.2 Å². The second kappa shape index (κ2) is 6.47. The maximum Gasteiger partial charge on any atom is 0.238 e. The van der Waals surface area contributed by atoms with Crippen LogP contribution in [0.5, 0.6) is 11.5 Å². The molecule has 0 atom stereocenters. The standard InChI is InChI=1S/C12H17ClN2O3/c1-15(2)7-12(16)14-9-6-10(17-3)8(13)5-11(9)18-4/h5-6H,7H2,1-4H3,(H,14,16). The first-order valence-electron chi connectivity index (χ1n) is 5.34. The Morgan fingerprint density at radius 1 is 1.28 bits per heavy atom. The third kappa shape index (κ3) is 3.78. The Labute approximate surface area is 112 Å². The van der Waals surface area contributed by atoms with Gasteiger partial charge in [0.25, 0.3) is 0 Å². The van der Waals surface area contributed by atoms with Crippen LogP contribution in [0.15, 0.2) is 12.1 Å². The van der Waals surface area contributed by atoms with Gasteiger partial charge in [-0.2, -0.15) is 0 Å². The lowest BCUT2D eigenvalue weighted by molar-refractivity contribution is -0.116. The van der Waals surface area contributed by atoms with E-state index in [4.69, 9.17) is 21.1 Å². The van der Waals surface area contributed by atoms with Crippen molar-refractivity contribution in [3.8, 4) is 11.5 Å². The summed E-state index contributed by atoms with van der Waals surface area (Å²) in [6, 6.07) is 3.24. The lowest BCUT2D eigenvalue weighted by atomic mass is 10.2. The number of carbonyl (C=O) groups is 1. The van der Waals surface area contributed by atoms with E-state index in [0.717, 1.165) is 0 Å². The molecule has 0 radical (unpaired) electrons. The first-order chi connectivity index (χ1) is 8.47. The summed E-state index contributed by atoms with van der Waals surface area (Å²) < 4.78 is 10.3. The molecule has 0 heterocycles. The molecule has 1 aromatic rings. The van der Waals surface area contributed by atoms with Crippen LogP contribution in [0.3, 0.4) is 0 Å². The predicted octanol–water partition coefficient (Wildman–Crippen LogP) is 1.86. The van der Waals surface area contributed by atoms with Gasteiger partial charge < -0.3 is 19.7 Å². The monoisotopic (exact) mass is 272 g/mol. The Balaban J connectivity index is 2.96. The van der Waals surface area contributed by atoms with Crippen LogP contribution in [-0.4, -0.2) is 45.7 Å². The van der Waals surface area contributed by atoms with E-state index < -0.39 is 0 Å². The van der Waals surface area contributed by atoms with E-state index >= 15 is 0 Å². The lowest BCUT2D eigenvalue weighted by Crippen LogP contribution is -2.27. The molecule has 0 saturated carbocycles. The Morgan fingerprint density at radius 2 is 1.89 bits per heavy atom. The number of rotatable bonds is 5. The molecule has 100 valence electrons. The summed E-state index contributed by atoms with van der Waals surface area (Å²) in [4.78, 5) is 13.5. The van der Waals surface area contributed by atoms with Crippen LogP contribution in [0, 0.1) is 0 Å². The van der Waals surface area contributed by atoms with Crippen molar-refractivity contribution in [1.29, 1.82) is 0 Å². The minimum absolute atomic E-state index is 0.136. The first kappa shape index (κ1) is 14.6. The van der Waals surface area contributed by atoms with Gasteiger partial charge in [-0.15, -0.1) is 0 Å². The molecule has 1 N–H and O–H groups in total. The van der Waals surface area contributed by atoms with E-state index in [0.29, 0.717) is 22.2 Å². The second-order valence-corrected chi connectivity index (χ2v) is 4.38. The third-order valence-electron chi connectivity index (χ3n) is 2.21. The molecular weight excluding hydrogens is 256 g/mol. The van der Waals surface area contributed by atoms with Crippen molar-refractivity contribution >= 4 is 23.2 Å². The van der Waals surface area contributed by atoms with Crippen molar-refractivity contribution in [2.45, 2.75) is 0 Å². The molecule has 6 heteroatoms. The summed E-state index contributed by atoms with van der Waals surface area (Å²) in [7, 11) is 6.66. The van der Waals surface area contributed by atoms with Gasteiger partial charge in [0.2, 0.25) is 5.91 Å². The highest BCUT2D eigenvalue weighted by Gasteiger charge is 2.12. The van der Waals surface area contributed by atoms with Gasteiger partial charge in [-0.05, 0) is 14.1 Å². The fraction of sp³-hybridized carbons (Fsp3) is 0.417. The number of nitrogens with zero attached hydrogens (tertiary/aromatic N) is 1. The molecule has 0 aliphatic rings. The normalized spacial score (nSPS) is 10.3. The van der Waals surface area contributed by atoms with Crippen molar-refractivity contribution in [3.63, 3.8) is 0 Å². The number of anilines is 1. The molecule has 1 aromatic carbocycles. The summed E-state index contributed by atoms with van der Waals surface area (Å²) >= 11 is 5.98. The van der Waals surface area contributed by atoms with E-state index in [2.05, 4.69) is 5.32 Å². The zero-order valence-electron chi connectivity index (χ0n) is 10.9. The fourth-order valence-corrected chi connectivity index (χ4v) is 1.67. The minimum atomic E-state index is -0.136. The van der Waals surface area contributed by atoms with Gasteiger partial charge in [0.05, 0.1) is 31.5 Å².